The van der Waals surface area contributed by atoms with E-state index in [-0.39, 0.29) is 17.8 Å². The van der Waals surface area contributed by atoms with Gasteiger partial charge in [0.1, 0.15) is 6.04 Å². The van der Waals surface area contributed by atoms with Gasteiger partial charge in [0.05, 0.1) is 29.3 Å². The lowest BCUT2D eigenvalue weighted by Crippen LogP contribution is -2.30. The molecule has 1 aliphatic rings. The van der Waals surface area contributed by atoms with E-state index in [0.717, 1.165) is 32.6 Å². The van der Waals surface area contributed by atoms with Crippen molar-refractivity contribution in [1.29, 1.82) is 0 Å². The van der Waals surface area contributed by atoms with Crippen molar-refractivity contribution in [2.24, 2.45) is 0 Å². The Kier molecular flexibility index (Phi) is 7.91. The van der Waals surface area contributed by atoms with Gasteiger partial charge in [-0.25, -0.2) is 4.79 Å². The highest BCUT2D eigenvalue weighted by atomic mass is 32.2. The number of nitrogens with zero attached hydrogens (tertiary/aromatic N) is 4. The van der Waals surface area contributed by atoms with E-state index in [1.165, 1.54) is 31.0 Å². The highest BCUT2D eigenvalue weighted by Crippen LogP contribution is 2.43. The third-order valence-electron chi connectivity index (χ3n) is 7.12. The van der Waals surface area contributed by atoms with E-state index in [1.54, 1.807) is 30.5 Å². The van der Waals surface area contributed by atoms with Gasteiger partial charge in [-0.2, -0.15) is 0 Å². The van der Waals surface area contributed by atoms with Crippen LogP contribution in [0.4, 0.5) is 11.4 Å². The smallest absolute Gasteiger partial charge is 0.337 e. The number of pyridine rings is 1. The van der Waals surface area contributed by atoms with E-state index < -0.39 is 10.9 Å². The van der Waals surface area contributed by atoms with Crippen LogP contribution in [0.25, 0.3) is 5.69 Å². The first-order chi connectivity index (χ1) is 20.9. The van der Waals surface area contributed by atoms with Crippen LogP contribution in [0.15, 0.2) is 125 Å². The van der Waals surface area contributed by atoms with Crippen molar-refractivity contribution in [3.05, 3.63) is 143 Å². The number of ether oxygens (including phenoxy) is 1. The lowest BCUT2D eigenvalue weighted by Gasteiger charge is -2.29. The first kappa shape index (κ1) is 28.1. The molecule has 0 amide bonds. The summed E-state index contributed by atoms with van der Waals surface area (Å²) in [7, 11) is 1.37. The van der Waals surface area contributed by atoms with Gasteiger partial charge >= 0.3 is 5.97 Å². The van der Waals surface area contributed by atoms with Gasteiger partial charge in [-0.1, -0.05) is 23.9 Å². The average Bonchev–Trinajstić information content (AvgIpc) is 3.66. The number of aromatic nitrogens is 2. The summed E-state index contributed by atoms with van der Waals surface area (Å²) in [5.74, 6) is -0.404. The molecule has 2 aromatic heterocycles. The molecule has 11 heteroatoms. The number of rotatable bonds is 8. The largest absolute Gasteiger partial charge is 0.465 e. The molecule has 0 aliphatic carbocycles. The molecule has 9 nitrogen and oxygen atoms in total. The molecule has 5 aromatic rings. The number of esters is 1. The Morgan fingerprint density at radius 2 is 1.70 bits per heavy atom. The maximum atomic E-state index is 12.3. The lowest BCUT2D eigenvalue weighted by atomic mass is 10.0. The van der Waals surface area contributed by atoms with E-state index in [2.05, 4.69) is 19.8 Å². The molecule has 43 heavy (non-hydrogen) atoms. The predicted molar refractivity (Wildman–Crippen MR) is 169 cm³/mol. The number of methoxy groups -OCH3 is 1. The number of benzene rings is 3. The van der Waals surface area contributed by atoms with Crippen molar-refractivity contribution in [1.82, 2.24) is 14.9 Å². The second kappa shape index (κ2) is 12.1. The Labute approximate surface area is 257 Å². The fourth-order valence-corrected chi connectivity index (χ4v) is 6.31. The zero-order valence-electron chi connectivity index (χ0n) is 22.9. The Morgan fingerprint density at radius 3 is 2.37 bits per heavy atom. The van der Waals surface area contributed by atoms with Crippen molar-refractivity contribution in [2.45, 2.75) is 21.9 Å². The number of thiocarbonyl (C=S) groups is 1. The molecule has 2 unspecified atom stereocenters. The van der Waals surface area contributed by atoms with Gasteiger partial charge in [-0.05, 0) is 91.1 Å². The molecule has 0 saturated carbocycles. The molecular formula is C32H25N5O4S2. The third kappa shape index (κ3) is 5.72. The van der Waals surface area contributed by atoms with Gasteiger partial charge in [-0.3, -0.25) is 15.1 Å². The molecule has 1 N–H and O–H groups in total. The van der Waals surface area contributed by atoms with Gasteiger partial charge in [-0.15, -0.1) is 0 Å². The fraction of sp³-hybridized carbons (Fsp3) is 0.0938. The van der Waals surface area contributed by atoms with E-state index in [0.29, 0.717) is 10.7 Å². The number of carbonyl (C=O) groups excluding carboxylic acids is 1. The monoisotopic (exact) mass is 607 g/mol. The minimum atomic E-state index is -0.406. The molecular weight excluding hydrogens is 583 g/mol. The van der Waals surface area contributed by atoms with Crippen LogP contribution in [-0.4, -0.2) is 32.7 Å². The zero-order valence-corrected chi connectivity index (χ0v) is 24.5. The molecule has 0 spiro atoms. The number of carbonyl (C=O) groups is 1. The number of nitro benzene ring substituents is 1. The first-order valence-corrected chi connectivity index (χ1v) is 14.5. The van der Waals surface area contributed by atoms with Crippen LogP contribution < -0.4 is 10.2 Å². The molecule has 214 valence electrons. The van der Waals surface area contributed by atoms with E-state index in [4.69, 9.17) is 17.0 Å². The average molecular weight is 608 g/mol. The molecule has 1 aliphatic heterocycles. The maximum Gasteiger partial charge on any atom is 0.337 e. The predicted octanol–water partition coefficient (Wildman–Crippen LogP) is 6.90. The van der Waals surface area contributed by atoms with Crippen LogP contribution in [0.5, 0.6) is 0 Å². The van der Waals surface area contributed by atoms with E-state index in [9.17, 15) is 14.9 Å². The Hall–Kier alpha value is -5.00. The summed E-state index contributed by atoms with van der Waals surface area (Å²) < 4.78 is 6.99. The van der Waals surface area contributed by atoms with Gasteiger partial charge < -0.3 is 19.5 Å². The van der Waals surface area contributed by atoms with Crippen LogP contribution in [0.3, 0.4) is 0 Å². The molecule has 0 radical (unpaired) electrons. The van der Waals surface area contributed by atoms with E-state index in [1.807, 2.05) is 72.9 Å². The van der Waals surface area contributed by atoms with Crippen LogP contribution in [0, 0.1) is 10.1 Å². The standard InChI is InChI=1S/C32H25N5O4S2/c1-41-31(38)21-6-4-7-24(20-21)35-19-5-9-28(35)30-29(27-8-2-3-18-33-27)34-32(42)36(30)22-10-14-25(15-11-22)43-26-16-12-23(13-17-26)37(39)40/h2-20,29-30H,1H3,(H,34,42). The van der Waals surface area contributed by atoms with Crippen molar-refractivity contribution >= 4 is 46.4 Å². The van der Waals surface area contributed by atoms with Crippen LogP contribution >= 0.6 is 24.0 Å². The van der Waals surface area contributed by atoms with Crippen LogP contribution in [0.2, 0.25) is 0 Å². The Morgan fingerprint density at radius 1 is 0.953 bits per heavy atom. The SMILES string of the molecule is COC(=O)c1cccc(-n2cccc2C2C(c3ccccn3)NC(=S)N2c2ccc(Sc3ccc([N+](=O)[O-])cc3)cc2)c1. The normalized spacial score (nSPS) is 16.1. The number of anilines is 1. The van der Waals surface area contributed by atoms with Crippen LogP contribution in [-0.2, 0) is 4.74 Å². The zero-order chi connectivity index (χ0) is 29.9. The summed E-state index contributed by atoms with van der Waals surface area (Å²) in [4.78, 5) is 31.5. The van der Waals surface area contributed by atoms with Gasteiger partial charge in [0.15, 0.2) is 5.11 Å². The first-order valence-electron chi connectivity index (χ1n) is 13.3. The second-order valence-corrected chi connectivity index (χ2v) is 11.2. The topological polar surface area (TPSA) is 103 Å². The Balaban J connectivity index is 1.36. The summed E-state index contributed by atoms with van der Waals surface area (Å²) >= 11 is 7.43. The minimum Gasteiger partial charge on any atom is -0.465 e. The minimum absolute atomic E-state index is 0.0602. The van der Waals surface area contributed by atoms with Crippen LogP contribution in [0.1, 0.15) is 33.8 Å². The highest BCUT2D eigenvalue weighted by Gasteiger charge is 2.42. The van der Waals surface area contributed by atoms with Gasteiger partial charge in [0, 0.05) is 51.4 Å². The molecule has 0 bridgehead atoms. The lowest BCUT2D eigenvalue weighted by molar-refractivity contribution is -0.384. The summed E-state index contributed by atoms with van der Waals surface area (Å²) in [5, 5.41) is 15.0. The number of nitro groups is 1. The third-order valence-corrected chi connectivity index (χ3v) is 8.46. The van der Waals surface area contributed by atoms with Crippen molar-refractivity contribution in [2.75, 3.05) is 12.0 Å². The molecule has 6 rings (SSSR count). The van der Waals surface area contributed by atoms with Gasteiger partial charge in [0.2, 0.25) is 0 Å². The molecule has 3 aromatic carbocycles. The highest BCUT2D eigenvalue weighted by molar-refractivity contribution is 7.99. The summed E-state index contributed by atoms with van der Waals surface area (Å²) in [6.45, 7) is 0. The fourth-order valence-electron chi connectivity index (χ4n) is 5.15. The van der Waals surface area contributed by atoms with E-state index >= 15 is 0 Å². The van der Waals surface area contributed by atoms with Gasteiger partial charge in [0.25, 0.3) is 5.69 Å². The Bertz CT molecular complexity index is 1790. The summed E-state index contributed by atoms with van der Waals surface area (Å²) in [6.07, 6.45) is 3.73. The number of non-ortho nitro benzene ring substituents is 1. The van der Waals surface area contributed by atoms with Crippen molar-refractivity contribution in [3.8, 4) is 5.69 Å². The second-order valence-electron chi connectivity index (χ2n) is 9.69. The summed E-state index contributed by atoms with van der Waals surface area (Å²) in [5.41, 5.74) is 4.03. The van der Waals surface area contributed by atoms with Crippen molar-refractivity contribution in [3.63, 3.8) is 0 Å². The number of nitrogens with one attached hydrogen (secondary N) is 1. The molecule has 2 atom stereocenters. The molecule has 1 saturated heterocycles. The quantitative estimate of drug-likeness (QED) is 0.0874. The van der Waals surface area contributed by atoms with Crippen molar-refractivity contribution < 1.29 is 14.5 Å². The summed E-state index contributed by atoms with van der Waals surface area (Å²) in [6, 6.07) is 31.2. The maximum absolute atomic E-state index is 12.3. The number of hydrogen-bond donors (Lipinski definition) is 1. The molecule has 3 heterocycles. The number of hydrogen-bond acceptors (Lipinski definition) is 7. The molecule has 1 fully saturated rings.